The lowest BCUT2D eigenvalue weighted by atomic mass is 10.2. The van der Waals surface area contributed by atoms with Crippen molar-refractivity contribution in [1.82, 2.24) is 4.90 Å². The highest BCUT2D eigenvalue weighted by Gasteiger charge is 2.18. The molecule has 0 radical (unpaired) electrons. The monoisotopic (exact) mass is 397 g/mol. The number of nitrogens with zero attached hydrogens (tertiary/aromatic N) is 1. The largest absolute Gasteiger partial charge is 0.452 e. The third kappa shape index (κ3) is 5.39. The Morgan fingerprint density at radius 2 is 1.74 bits per heavy atom. The fourth-order valence-electron chi connectivity index (χ4n) is 2.44. The van der Waals surface area contributed by atoms with Crippen LogP contribution in [0.3, 0.4) is 0 Å². The molecule has 0 saturated heterocycles. The number of hydrogen-bond acceptors (Lipinski definition) is 5. The number of ether oxygens (including phenoxy) is 1. The summed E-state index contributed by atoms with van der Waals surface area (Å²) in [6.45, 7) is 0.190. The van der Waals surface area contributed by atoms with Gasteiger partial charge >= 0.3 is 5.97 Å². The first-order valence-electron chi connectivity index (χ1n) is 8.37. The molecule has 0 fully saturated rings. The van der Waals surface area contributed by atoms with E-state index < -0.39 is 5.97 Å². The fourth-order valence-corrected chi connectivity index (χ4v) is 3.83. The van der Waals surface area contributed by atoms with Crippen LogP contribution in [0.4, 0.5) is 0 Å². The number of carbonyl (C=O) groups excluding carboxylic acids is 2. The molecule has 0 atom stereocenters. The number of rotatable bonds is 7. The molecule has 0 saturated carbocycles. The van der Waals surface area contributed by atoms with E-state index in [0.717, 1.165) is 15.3 Å². The van der Waals surface area contributed by atoms with E-state index in [1.165, 1.54) is 11.3 Å². The van der Waals surface area contributed by atoms with Gasteiger partial charge in [0.25, 0.3) is 5.91 Å². The Morgan fingerprint density at radius 1 is 1.00 bits per heavy atom. The zero-order chi connectivity index (χ0) is 19.1. The van der Waals surface area contributed by atoms with Crippen LogP contribution in [-0.4, -0.2) is 30.4 Å². The van der Waals surface area contributed by atoms with E-state index in [2.05, 4.69) is 0 Å². The van der Waals surface area contributed by atoms with Crippen molar-refractivity contribution >= 4 is 46.2 Å². The molecule has 1 aromatic carbocycles. The Kier molecular flexibility index (Phi) is 6.57. The number of thiophene rings is 2. The summed E-state index contributed by atoms with van der Waals surface area (Å²) in [5, 5.41) is 3.86. The van der Waals surface area contributed by atoms with E-state index in [9.17, 15) is 9.59 Å². The third-order valence-electron chi connectivity index (χ3n) is 3.85. The maximum Gasteiger partial charge on any atom is 0.340 e. The maximum absolute atomic E-state index is 12.6. The van der Waals surface area contributed by atoms with Crippen molar-refractivity contribution in [3.05, 3.63) is 80.7 Å². The van der Waals surface area contributed by atoms with Gasteiger partial charge in [-0.25, -0.2) is 4.79 Å². The number of esters is 1. The summed E-state index contributed by atoms with van der Waals surface area (Å²) in [6.07, 6.45) is 1.80. The first-order chi connectivity index (χ1) is 13.1. The standard InChI is InChI=1S/C21H19NO3S2/c1-22(14-16-7-3-2-4-8-16)20(23)15-25-21(24)18(19-10-6-12-27-19)13-17-9-5-11-26-17/h2-13H,14-15H2,1H3/b18-13+. The maximum atomic E-state index is 12.6. The van der Waals surface area contributed by atoms with Crippen LogP contribution in [0.5, 0.6) is 0 Å². The molecule has 6 heteroatoms. The minimum atomic E-state index is -0.493. The topological polar surface area (TPSA) is 46.6 Å². The zero-order valence-corrected chi connectivity index (χ0v) is 16.5. The molecule has 0 aliphatic rings. The number of carbonyl (C=O) groups is 2. The molecule has 1 amide bonds. The molecule has 3 rings (SSSR count). The SMILES string of the molecule is CN(Cc1ccccc1)C(=O)COC(=O)/C(=C/c1cccs1)c1cccs1. The summed E-state index contributed by atoms with van der Waals surface area (Å²) in [5.74, 6) is -0.735. The summed E-state index contributed by atoms with van der Waals surface area (Å²) in [7, 11) is 1.70. The number of amides is 1. The van der Waals surface area contributed by atoms with Crippen LogP contribution in [0.15, 0.2) is 65.4 Å². The van der Waals surface area contributed by atoms with E-state index in [0.29, 0.717) is 12.1 Å². The fraction of sp³-hybridized carbons (Fsp3) is 0.143. The van der Waals surface area contributed by atoms with E-state index in [4.69, 9.17) is 4.74 Å². The van der Waals surface area contributed by atoms with Gasteiger partial charge in [-0.1, -0.05) is 42.5 Å². The minimum Gasteiger partial charge on any atom is -0.452 e. The molecule has 0 spiro atoms. The van der Waals surface area contributed by atoms with Gasteiger partial charge in [0.2, 0.25) is 0 Å². The smallest absolute Gasteiger partial charge is 0.340 e. The Morgan fingerprint density at radius 3 is 2.41 bits per heavy atom. The molecule has 0 bridgehead atoms. The second kappa shape index (κ2) is 9.30. The molecule has 138 valence electrons. The van der Waals surface area contributed by atoms with Gasteiger partial charge in [0.1, 0.15) is 0 Å². The summed E-state index contributed by atoms with van der Waals surface area (Å²) in [6, 6.07) is 17.3. The predicted octanol–water partition coefficient (Wildman–Crippen LogP) is 4.55. The van der Waals surface area contributed by atoms with Crippen molar-refractivity contribution in [2.75, 3.05) is 13.7 Å². The number of benzene rings is 1. The van der Waals surface area contributed by atoms with Crippen LogP contribution in [0.25, 0.3) is 11.6 Å². The van der Waals surface area contributed by atoms with Crippen molar-refractivity contribution in [2.24, 2.45) is 0 Å². The molecule has 2 aromatic heterocycles. The molecular weight excluding hydrogens is 378 g/mol. The van der Waals surface area contributed by atoms with Gasteiger partial charge in [0.15, 0.2) is 6.61 Å². The highest BCUT2D eigenvalue weighted by Crippen LogP contribution is 2.25. The second-order valence-corrected chi connectivity index (χ2v) is 7.79. The van der Waals surface area contributed by atoms with Crippen LogP contribution >= 0.6 is 22.7 Å². The molecule has 0 unspecified atom stereocenters. The number of likely N-dealkylation sites (N-methyl/N-ethyl adjacent to an activating group) is 1. The zero-order valence-electron chi connectivity index (χ0n) is 14.8. The van der Waals surface area contributed by atoms with Gasteiger partial charge in [-0.2, -0.15) is 0 Å². The molecule has 0 N–H and O–H groups in total. The molecule has 3 aromatic rings. The average Bonchev–Trinajstić information content (AvgIpc) is 3.38. The van der Waals surface area contributed by atoms with Crippen molar-refractivity contribution in [3.63, 3.8) is 0 Å². The van der Waals surface area contributed by atoms with Gasteiger partial charge < -0.3 is 9.64 Å². The Bertz CT molecular complexity index is 900. The van der Waals surface area contributed by atoms with Crippen LogP contribution in [0.1, 0.15) is 15.3 Å². The quantitative estimate of drug-likeness (QED) is 0.434. The van der Waals surface area contributed by atoms with Crippen molar-refractivity contribution < 1.29 is 14.3 Å². The predicted molar refractivity (Wildman–Crippen MR) is 110 cm³/mol. The molecule has 0 aliphatic heterocycles. The summed E-state index contributed by atoms with van der Waals surface area (Å²) in [4.78, 5) is 28.2. The van der Waals surface area contributed by atoms with E-state index >= 15 is 0 Å². The van der Waals surface area contributed by atoms with Crippen LogP contribution in [0, 0.1) is 0 Å². The summed E-state index contributed by atoms with van der Waals surface area (Å²) in [5.41, 5.74) is 1.49. The average molecular weight is 398 g/mol. The lowest BCUT2D eigenvalue weighted by Crippen LogP contribution is -2.30. The molecule has 2 heterocycles. The van der Waals surface area contributed by atoms with Crippen molar-refractivity contribution in [2.45, 2.75) is 6.54 Å². The molecule has 0 aliphatic carbocycles. The molecule has 27 heavy (non-hydrogen) atoms. The van der Waals surface area contributed by atoms with Crippen molar-refractivity contribution in [1.29, 1.82) is 0 Å². The summed E-state index contributed by atoms with van der Waals surface area (Å²) < 4.78 is 5.31. The van der Waals surface area contributed by atoms with E-state index in [1.807, 2.05) is 65.4 Å². The lowest BCUT2D eigenvalue weighted by molar-refractivity contribution is -0.147. The lowest BCUT2D eigenvalue weighted by Gasteiger charge is -2.17. The first-order valence-corrected chi connectivity index (χ1v) is 10.1. The van der Waals surface area contributed by atoms with Crippen LogP contribution in [-0.2, 0) is 20.9 Å². The Hall–Kier alpha value is -2.70. The van der Waals surface area contributed by atoms with Crippen LogP contribution in [0.2, 0.25) is 0 Å². The molecular formula is C21H19NO3S2. The van der Waals surface area contributed by atoms with Crippen molar-refractivity contribution in [3.8, 4) is 0 Å². The van der Waals surface area contributed by atoms with Gasteiger partial charge in [-0.05, 0) is 34.5 Å². The van der Waals surface area contributed by atoms with E-state index in [1.54, 1.807) is 29.4 Å². The Balaban J connectivity index is 1.63. The molecule has 4 nitrogen and oxygen atoms in total. The van der Waals surface area contributed by atoms with Crippen LogP contribution < -0.4 is 0 Å². The first kappa shape index (κ1) is 19.1. The minimum absolute atomic E-state index is 0.242. The highest BCUT2D eigenvalue weighted by atomic mass is 32.1. The van der Waals surface area contributed by atoms with Gasteiger partial charge in [0, 0.05) is 23.3 Å². The summed E-state index contributed by atoms with van der Waals surface area (Å²) >= 11 is 3.01. The Labute approximate surface area is 166 Å². The normalized spacial score (nSPS) is 11.2. The van der Waals surface area contributed by atoms with Gasteiger partial charge in [-0.15, -0.1) is 22.7 Å². The number of hydrogen-bond donors (Lipinski definition) is 0. The third-order valence-corrected chi connectivity index (χ3v) is 5.57. The van der Waals surface area contributed by atoms with Gasteiger partial charge in [0.05, 0.1) is 5.57 Å². The van der Waals surface area contributed by atoms with Gasteiger partial charge in [-0.3, -0.25) is 4.79 Å². The second-order valence-electron chi connectivity index (χ2n) is 5.86. The highest BCUT2D eigenvalue weighted by molar-refractivity contribution is 7.12. The van der Waals surface area contributed by atoms with E-state index in [-0.39, 0.29) is 12.5 Å².